The molecule has 0 radical (unpaired) electrons. The molecule has 0 bridgehead atoms. The van der Waals surface area contributed by atoms with Gasteiger partial charge in [0, 0.05) is 22.3 Å². The highest BCUT2D eigenvalue weighted by molar-refractivity contribution is 9.10. The maximum Gasteiger partial charge on any atom is 0.223 e. The van der Waals surface area contributed by atoms with Crippen LogP contribution in [0.1, 0.15) is 25.5 Å². The van der Waals surface area contributed by atoms with Gasteiger partial charge in [0.15, 0.2) is 0 Å². The van der Waals surface area contributed by atoms with E-state index in [9.17, 15) is 0 Å². The Morgan fingerprint density at radius 2 is 2.16 bits per heavy atom. The monoisotopic (exact) mass is 320 g/mol. The molecule has 0 aliphatic carbocycles. The Morgan fingerprint density at radius 1 is 1.32 bits per heavy atom. The summed E-state index contributed by atoms with van der Waals surface area (Å²) < 4.78 is 6.86. The molecular weight excluding hydrogens is 304 g/mol. The number of nitrogens with one attached hydrogen (secondary N) is 1. The van der Waals surface area contributed by atoms with Crippen LogP contribution < -0.4 is 10.1 Å². The van der Waals surface area contributed by atoms with Crippen LogP contribution >= 0.6 is 15.9 Å². The number of benzene rings is 1. The van der Waals surface area contributed by atoms with Crippen molar-refractivity contribution in [3.8, 4) is 11.6 Å². The van der Waals surface area contributed by atoms with Gasteiger partial charge in [0.25, 0.3) is 0 Å². The highest BCUT2D eigenvalue weighted by Gasteiger charge is 2.12. The summed E-state index contributed by atoms with van der Waals surface area (Å²) in [6.45, 7) is 5.10. The Hall–Kier alpha value is -1.39. The van der Waals surface area contributed by atoms with Crippen molar-refractivity contribution < 1.29 is 4.74 Å². The van der Waals surface area contributed by atoms with Gasteiger partial charge >= 0.3 is 0 Å². The minimum Gasteiger partial charge on any atom is -0.439 e. The van der Waals surface area contributed by atoms with E-state index in [1.165, 1.54) is 0 Å². The van der Waals surface area contributed by atoms with E-state index in [0.29, 0.717) is 5.88 Å². The number of aromatic nitrogens is 1. The maximum absolute atomic E-state index is 5.88. The first kappa shape index (κ1) is 14.0. The van der Waals surface area contributed by atoms with E-state index in [1.54, 1.807) is 6.20 Å². The molecule has 19 heavy (non-hydrogen) atoms. The molecular formula is C15H17BrN2O. The van der Waals surface area contributed by atoms with Crippen LogP contribution in [0.5, 0.6) is 11.6 Å². The highest BCUT2D eigenvalue weighted by atomic mass is 79.9. The minimum absolute atomic E-state index is 0.209. The van der Waals surface area contributed by atoms with E-state index in [1.807, 2.05) is 36.4 Å². The van der Waals surface area contributed by atoms with Gasteiger partial charge in [-0.3, -0.25) is 0 Å². The predicted octanol–water partition coefficient (Wildman–Crippen LogP) is 4.31. The van der Waals surface area contributed by atoms with Crippen LogP contribution in [-0.2, 0) is 0 Å². The lowest BCUT2D eigenvalue weighted by atomic mass is 10.1. The molecule has 0 spiro atoms. The molecule has 1 aromatic heterocycles. The lowest BCUT2D eigenvalue weighted by molar-refractivity contribution is 0.444. The van der Waals surface area contributed by atoms with Gasteiger partial charge in [-0.2, -0.15) is 0 Å². The fourth-order valence-electron chi connectivity index (χ4n) is 1.88. The van der Waals surface area contributed by atoms with Crippen LogP contribution in [0.3, 0.4) is 0 Å². The third-order valence-corrected chi connectivity index (χ3v) is 3.28. The van der Waals surface area contributed by atoms with Crippen LogP contribution in [0.25, 0.3) is 0 Å². The van der Waals surface area contributed by atoms with Crippen molar-refractivity contribution >= 4 is 15.9 Å². The molecule has 0 aliphatic heterocycles. The largest absolute Gasteiger partial charge is 0.439 e. The number of hydrogen-bond donors (Lipinski definition) is 1. The van der Waals surface area contributed by atoms with Crippen molar-refractivity contribution in [3.05, 3.63) is 52.6 Å². The Labute approximate surface area is 122 Å². The average molecular weight is 321 g/mol. The first-order valence-electron chi connectivity index (χ1n) is 6.32. The van der Waals surface area contributed by atoms with Crippen molar-refractivity contribution in [2.45, 2.75) is 19.9 Å². The molecule has 100 valence electrons. The zero-order valence-corrected chi connectivity index (χ0v) is 12.6. The highest BCUT2D eigenvalue weighted by Crippen LogP contribution is 2.28. The normalized spacial score (nSPS) is 12.2. The van der Waals surface area contributed by atoms with Crippen LogP contribution in [0.4, 0.5) is 0 Å². The molecule has 1 atom stereocenters. The molecule has 0 saturated heterocycles. The quantitative estimate of drug-likeness (QED) is 0.891. The van der Waals surface area contributed by atoms with Crippen molar-refractivity contribution in [1.29, 1.82) is 0 Å². The van der Waals surface area contributed by atoms with Crippen molar-refractivity contribution in [1.82, 2.24) is 10.3 Å². The van der Waals surface area contributed by atoms with E-state index in [0.717, 1.165) is 22.3 Å². The van der Waals surface area contributed by atoms with Gasteiger partial charge in [0.05, 0.1) is 0 Å². The van der Waals surface area contributed by atoms with Crippen LogP contribution in [0.15, 0.2) is 47.1 Å². The second-order valence-electron chi connectivity index (χ2n) is 4.24. The Bertz CT molecular complexity index is 545. The van der Waals surface area contributed by atoms with Gasteiger partial charge in [0.2, 0.25) is 5.88 Å². The molecule has 3 nitrogen and oxygen atoms in total. The summed E-state index contributed by atoms with van der Waals surface area (Å²) in [6, 6.07) is 11.9. The average Bonchev–Trinajstić information content (AvgIpc) is 2.39. The third-order valence-electron chi connectivity index (χ3n) is 2.79. The standard InChI is InChI=1S/C15H17BrN2O/c1-3-17-11(2)14-8-5-9-18-15(14)19-13-7-4-6-12(16)10-13/h4-11,17H,3H2,1-2H3. The zero-order valence-electron chi connectivity index (χ0n) is 11.1. The number of hydrogen-bond acceptors (Lipinski definition) is 3. The maximum atomic E-state index is 5.88. The van der Waals surface area contributed by atoms with Crippen LogP contribution in [0.2, 0.25) is 0 Å². The second-order valence-corrected chi connectivity index (χ2v) is 5.15. The topological polar surface area (TPSA) is 34.2 Å². The van der Waals surface area contributed by atoms with Gasteiger partial charge in [-0.25, -0.2) is 4.98 Å². The molecule has 0 aliphatic rings. The summed E-state index contributed by atoms with van der Waals surface area (Å²) >= 11 is 3.44. The first-order valence-corrected chi connectivity index (χ1v) is 7.11. The number of ether oxygens (including phenoxy) is 1. The van der Waals surface area contributed by atoms with E-state index in [-0.39, 0.29) is 6.04 Å². The molecule has 1 heterocycles. The fourth-order valence-corrected chi connectivity index (χ4v) is 2.25. The number of nitrogens with zero attached hydrogens (tertiary/aromatic N) is 1. The predicted molar refractivity (Wildman–Crippen MR) is 80.5 cm³/mol. The molecule has 1 unspecified atom stereocenters. The van der Waals surface area contributed by atoms with Crippen molar-refractivity contribution in [2.24, 2.45) is 0 Å². The van der Waals surface area contributed by atoms with Crippen LogP contribution in [0, 0.1) is 0 Å². The fraction of sp³-hybridized carbons (Fsp3) is 0.267. The van der Waals surface area contributed by atoms with Crippen molar-refractivity contribution in [2.75, 3.05) is 6.54 Å². The SMILES string of the molecule is CCNC(C)c1cccnc1Oc1cccc(Br)c1. The molecule has 1 N–H and O–H groups in total. The number of halogens is 1. The van der Waals surface area contributed by atoms with Crippen molar-refractivity contribution in [3.63, 3.8) is 0 Å². The summed E-state index contributed by atoms with van der Waals surface area (Å²) in [5.74, 6) is 1.42. The van der Waals surface area contributed by atoms with Gasteiger partial charge in [0.1, 0.15) is 5.75 Å². The van der Waals surface area contributed by atoms with Gasteiger partial charge in [-0.05, 0) is 37.7 Å². The summed E-state index contributed by atoms with van der Waals surface area (Å²) in [5, 5.41) is 3.37. The lowest BCUT2D eigenvalue weighted by Gasteiger charge is -2.16. The van der Waals surface area contributed by atoms with E-state index in [2.05, 4.69) is 40.1 Å². The Balaban J connectivity index is 2.25. The lowest BCUT2D eigenvalue weighted by Crippen LogP contribution is -2.18. The minimum atomic E-state index is 0.209. The van der Waals surface area contributed by atoms with E-state index in [4.69, 9.17) is 4.74 Å². The molecule has 0 fully saturated rings. The molecule has 1 aromatic carbocycles. The summed E-state index contributed by atoms with van der Waals surface area (Å²) in [7, 11) is 0. The van der Waals surface area contributed by atoms with Gasteiger partial charge in [-0.1, -0.05) is 35.0 Å². The van der Waals surface area contributed by atoms with Gasteiger partial charge in [-0.15, -0.1) is 0 Å². The molecule has 4 heteroatoms. The summed E-state index contributed by atoms with van der Waals surface area (Å²) in [4.78, 5) is 4.33. The zero-order chi connectivity index (χ0) is 13.7. The second kappa shape index (κ2) is 6.68. The Kier molecular flexibility index (Phi) is 4.93. The third kappa shape index (κ3) is 3.78. The van der Waals surface area contributed by atoms with Gasteiger partial charge < -0.3 is 10.1 Å². The summed E-state index contributed by atoms with van der Waals surface area (Å²) in [6.07, 6.45) is 1.75. The van der Waals surface area contributed by atoms with E-state index >= 15 is 0 Å². The van der Waals surface area contributed by atoms with Crippen LogP contribution in [-0.4, -0.2) is 11.5 Å². The summed E-state index contributed by atoms with van der Waals surface area (Å²) in [5.41, 5.74) is 1.06. The molecule has 2 rings (SSSR count). The smallest absolute Gasteiger partial charge is 0.223 e. The van der Waals surface area contributed by atoms with E-state index < -0.39 is 0 Å². The number of rotatable bonds is 5. The molecule has 2 aromatic rings. The number of pyridine rings is 1. The molecule has 0 amide bonds. The Morgan fingerprint density at radius 3 is 2.89 bits per heavy atom. The molecule has 0 saturated carbocycles. The first-order chi connectivity index (χ1) is 9.20.